The molecule has 0 bridgehead atoms. The number of anilines is 1. The van der Waals surface area contributed by atoms with Crippen LogP contribution in [-0.4, -0.2) is 23.7 Å². The molecule has 1 fully saturated rings. The first-order valence-corrected chi connectivity index (χ1v) is 5.45. The Bertz CT molecular complexity index is 545. The van der Waals surface area contributed by atoms with Crippen LogP contribution in [0.1, 0.15) is 0 Å². The molecule has 0 unspecified atom stereocenters. The number of rotatable bonds is 1. The lowest BCUT2D eigenvalue weighted by Crippen LogP contribution is -2.43. The Kier molecular flexibility index (Phi) is 3.02. The van der Waals surface area contributed by atoms with Gasteiger partial charge in [-0.2, -0.15) is 17.6 Å². The van der Waals surface area contributed by atoms with Crippen molar-refractivity contribution in [2.75, 3.05) is 4.90 Å². The zero-order valence-corrected chi connectivity index (χ0v) is 10.3. The van der Waals surface area contributed by atoms with Crippen LogP contribution in [0.2, 0.25) is 10.0 Å². The van der Waals surface area contributed by atoms with Gasteiger partial charge in [-0.1, -0.05) is 23.2 Å². The van der Waals surface area contributed by atoms with E-state index in [-0.39, 0.29) is 14.9 Å². The maximum Gasteiger partial charge on any atom is 0.396 e. The smallest absolute Gasteiger partial charge is 0.267 e. The third-order valence-electron chi connectivity index (χ3n) is 2.44. The highest BCUT2D eigenvalue weighted by Crippen LogP contribution is 2.45. The third kappa shape index (κ3) is 1.88. The van der Waals surface area contributed by atoms with Gasteiger partial charge < -0.3 is 0 Å². The lowest BCUT2D eigenvalue weighted by Gasteiger charge is -2.13. The monoisotopic (exact) mass is 315 g/mol. The molecule has 102 valence electrons. The Balaban J connectivity index is 2.58. The number of nitrogens with zero attached hydrogens (tertiary/aromatic N) is 1. The second-order valence-electron chi connectivity index (χ2n) is 3.72. The van der Waals surface area contributed by atoms with Crippen LogP contribution in [0.15, 0.2) is 18.2 Å². The number of carbonyl (C=O) groups excluding carboxylic acids is 2. The molecule has 0 aliphatic carbocycles. The van der Waals surface area contributed by atoms with Crippen molar-refractivity contribution in [3.8, 4) is 0 Å². The van der Waals surface area contributed by atoms with Crippen molar-refractivity contribution in [3.05, 3.63) is 28.2 Å². The third-order valence-corrected chi connectivity index (χ3v) is 2.88. The van der Waals surface area contributed by atoms with Crippen LogP contribution in [0.25, 0.3) is 0 Å². The Morgan fingerprint density at radius 2 is 1.21 bits per heavy atom. The lowest BCUT2D eigenvalue weighted by molar-refractivity contribution is -0.192. The first-order chi connectivity index (χ1) is 8.59. The van der Waals surface area contributed by atoms with Gasteiger partial charge in [-0.25, -0.2) is 4.90 Å². The average Bonchev–Trinajstić information content (AvgIpc) is 2.37. The molecule has 1 aliphatic rings. The maximum absolute atomic E-state index is 13.1. The number of imide groups is 1. The van der Waals surface area contributed by atoms with E-state index in [1.165, 1.54) is 6.07 Å². The summed E-state index contributed by atoms with van der Waals surface area (Å²) in [4.78, 5) is 22.2. The minimum atomic E-state index is -5.10. The van der Waals surface area contributed by atoms with Gasteiger partial charge in [0.1, 0.15) is 0 Å². The zero-order valence-electron chi connectivity index (χ0n) is 8.76. The summed E-state index contributed by atoms with van der Waals surface area (Å²) >= 11 is 11.1. The fourth-order valence-corrected chi connectivity index (χ4v) is 2.06. The summed E-state index contributed by atoms with van der Waals surface area (Å²) in [5.74, 6) is -14.8. The van der Waals surface area contributed by atoms with Gasteiger partial charge in [0.15, 0.2) is 0 Å². The molecule has 0 saturated carbocycles. The number of halogens is 6. The fourth-order valence-electron chi connectivity index (χ4n) is 1.54. The number of benzene rings is 1. The van der Waals surface area contributed by atoms with Gasteiger partial charge >= 0.3 is 23.7 Å². The summed E-state index contributed by atoms with van der Waals surface area (Å²) in [6.07, 6.45) is 0. The molecule has 1 heterocycles. The van der Waals surface area contributed by atoms with Gasteiger partial charge in [-0.05, 0) is 18.2 Å². The van der Waals surface area contributed by atoms with E-state index in [0.717, 1.165) is 12.1 Å². The van der Waals surface area contributed by atoms with E-state index in [2.05, 4.69) is 0 Å². The number of hydrogen-bond donors (Lipinski definition) is 0. The summed E-state index contributed by atoms with van der Waals surface area (Å²) in [5, 5.41) is -0.191. The molecule has 3 nitrogen and oxygen atoms in total. The van der Waals surface area contributed by atoms with Crippen LogP contribution in [0.3, 0.4) is 0 Å². The second kappa shape index (κ2) is 4.08. The zero-order chi connectivity index (χ0) is 14.6. The molecule has 2 rings (SSSR count). The van der Waals surface area contributed by atoms with E-state index >= 15 is 0 Å². The number of hydrogen-bond acceptors (Lipinski definition) is 2. The number of amides is 2. The van der Waals surface area contributed by atoms with Crippen LogP contribution in [0, 0.1) is 0 Å². The summed E-state index contributed by atoms with van der Waals surface area (Å²) in [6.45, 7) is 0. The van der Waals surface area contributed by atoms with Gasteiger partial charge in [0.2, 0.25) is 0 Å². The molecule has 0 atom stereocenters. The first-order valence-electron chi connectivity index (χ1n) is 4.70. The Hall–Kier alpha value is -1.34. The van der Waals surface area contributed by atoms with Gasteiger partial charge in [-0.3, -0.25) is 9.59 Å². The molecule has 19 heavy (non-hydrogen) atoms. The normalized spacial score (nSPS) is 21.1. The second-order valence-corrected chi connectivity index (χ2v) is 4.60. The lowest BCUT2D eigenvalue weighted by atomic mass is 10.2. The molecule has 0 spiro atoms. The minimum Gasteiger partial charge on any atom is -0.267 e. The summed E-state index contributed by atoms with van der Waals surface area (Å²) < 4.78 is 52.3. The predicted molar refractivity (Wildman–Crippen MR) is 58.8 cm³/mol. The van der Waals surface area contributed by atoms with Crippen LogP contribution >= 0.6 is 23.2 Å². The van der Waals surface area contributed by atoms with Crippen molar-refractivity contribution < 1.29 is 27.2 Å². The van der Waals surface area contributed by atoms with Crippen molar-refractivity contribution in [1.82, 2.24) is 0 Å². The van der Waals surface area contributed by atoms with Crippen molar-refractivity contribution in [2.24, 2.45) is 0 Å². The van der Waals surface area contributed by atoms with E-state index in [1.54, 1.807) is 0 Å². The molecule has 9 heteroatoms. The van der Waals surface area contributed by atoms with E-state index in [4.69, 9.17) is 23.2 Å². The molecule has 0 N–H and O–H groups in total. The summed E-state index contributed by atoms with van der Waals surface area (Å²) in [6, 6.07) is 3.00. The largest absolute Gasteiger partial charge is 0.396 e. The molecule has 0 aromatic heterocycles. The SMILES string of the molecule is O=C1N(c2cc(Cl)cc(Cl)c2)C(=O)C(F)(F)C1(F)F. The van der Waals surface area contributed by atoms with Crippen molar-refractivity contribution in [2.45, 2.75) is 11.8 Å². The molecule has 1 aliphatic heterocycles. The Labute approximate surface area is 113 Å². The van der Waals surface area contributed by atoms with Gasteiger partial charge in [0.25, 0.3) is 0 Å². The van der Waals surface area contributed by atoms with Crippen molar-refractivity contribution in [1.29, 1.82) is 0 Å². The van der Waals surface area contributed by atoms with Crippen LogP contribution in [0.5, 0.6) is 0 Å². The van der Waals surface area contributed by atoms with Crippen molar-refractivity contribution >= 4 is 40.7 Å². The highest BCUT2D eigenvalue weighted by atomic mass is 35.5. The van der Waals surface area contributed by atoms with Gasteiger partial charge in [-0.15, -0.1) is 0 Å². The van der Waals surface area contributed by atoms with Crippen LogP contribution < -0.4 is 4.90 Å². The molecular weight excluding hydrogens is 313 g/mol. The minimum absolute atomic E-state index is 0.0957. The van der Waals surface area contributed by atoms with E-state index < -0.39 is 29.3 Å². The van der Waals surface area contributed by atoms with Gasteiger partial charge in [0, 0.05) is 10.0 Å². The molecular formula is C10H3Cl2F4NO2. The predicted octanol–water partition coefficient (Wildman–Crippen LogP) is 3.14. The standard InChI is InChI=1S/C10H3Cl2F4NO2/c11-4-1-5(12)3-6(2-4)17-7(18)9(13,14)10(15,16)8(17)19/h1-3H. The van der Waals surface area contributed by atoms with E-state index in [0.29, 0.717) is 0 Å². The Morgan fingerprint density at radius 3 is 1.58 bits per heavy atom. The van der Waals surface area contributed by atoms with Crippen LogP contribution in [0.4, 0.5) is 23.2 Å². The quantitative estimate of drug-likeness (QED) is 0.590. The van der Waals surface area contributed by atoms with E-state index in [1.807, 2.05) is 0 Å². The highest BCUT2D eigenvalue weighted by Gasteiger charge is 2.76. The fraction of sp³-hybridized carbons (Fsp3) is 0.200. The maximum atomic E-state index is 13.1. The average molecular weight is 316 g/mol. The molecule has 1 aromatic rings. The Morgan fingerprint density at radius 1 is 0.842 bits per heavy atom. The van der Waals surface area contributed by atoms with Crippen LogP contribution in [-0.2, 0) is 9.59 Å². The van der Waals surface area contributed by atoms with E-state index in [9.17, 15) is 27.2 Å². The first kappa shape index (κ1) is 14.1. The van der Waals surface area contributed by atoms with Crippen molar-refractivity contribution in [3.63, 3.8) is 0 Å². The summed E-state index contributed by atoms with van der Waals surface area (Å²) in [7, 11) is 0. The highest BCUT2D eigenvalue weighted by molar-refractivity contribution is 6.36. The topological polar surface area (TPSA) is 37.4 Å². The number of alkyl halides is 4. The molecule has 1 aromatic carbocycles. The summed E-state index contributed by atoms with van der Waals surface area (Å²) in [5.41, 5.74) is -0.538. The molecule has 2 amide bonds. The number of carbonyl (C=O) groups is 2. The van der Waals surface area contributed by atoms with Gasteiger partial charge in [0.05, 0.1) is 5.69 Å². The molecule has 0 radical (unpaired) electrons. The molecule has 1 saturated heterocycles.